The molecule has 1 aromatic heterocycles. The molecule has 1 unspecified atom stereocenters. The molecule has 1 atom stereocenters. The number of hydrogen-bond acceptors (Lipinski definition) is 3. The smallest absolute Gasteiger partial charge is 0.111 e. The Labute approximate surface area is 132 Å². The first kappa shape index (κ1) is 15.3. The van der Waals surface area contributed by atoms with Gasteiger partial charge in [0.05, 0.1) is 12.6 Å². The Morgan fingerprint density at radius 2 is 1.95 bits per heavy atom. The Morgan fingerprint density at radius 1 is 1.18 bits per heavy atom. The lowest BCUT2D eigenvalue weighted by atomic mass is 10.00. The lowest BCUT2D eigenvalue weighted by molar-refractivity contribution is 0.0909. The maximum Gasteiger partial charge on any atom is 0.111 e. The monoisotopic (exact) mass is 299 g/mol. The molecule has 0 fully saturated rings. The number of imidazole rings is 1. The fraction of sp³-hybridized carbons (Fsp3) is 0.500. The lowest BCUT2D eigenvalue weighted by Gasteiger charge is -2.30. The number of rotatable bonds is 5. The summed E-state index contributed by atoms with van der Waals surface area (Å²) in [4.78, 5) is 6.73. The van der Waals surface area contributed by atoms with Gasteiger partial charge < -0.3 is 9.67 Å². The molecule has 1 aliphatic heterocycles. The van der Waals surface area contributed by atoms with Crippen molar-refractivity contribution >= 4 is 0 Å². The van der Waals surface area contributed by atoms with Crippen molar-refractivity contribution in [2.75, 3.05) is 13.1 Å². The number of nitrogens with zero attached hydrogens (tertiary/aromatic N) is 3. The van der Waals surface area contributed by atoms with E-state index in [1.165, 1.54) is 11.1 Å². The van der Waals surface area contributed by atoms with Crippen molar-refractivity contribution in [3.05, 3.63) is 53.6 Å². The molecule has 1 aromatic carbocycles. The molecule has 3 rings (SSSR count). The van der Waals surface area contributed by atoms with E-state index in [-0.39, 0.29) is 6.10 Å². The predicted molar refractivity (Wildman–Crippen MR) is 87.7 cm³/mol. The molecule has 0 bridgehead atoms. The summed E-state index contributed by atoms with van der Waals surface area (Å²) in [5.74, 6) is 1.42. The molecule has 0 amide bonds. The van der Waals surface area contributed by atoms with Crippen LogP contribution in [-0.2, 0) is 19.5 Å². The lowest BCUT2D eigenvalue weighted by Crippen LogP contribution is -2.38. The van der Waals surface area contributed by atoms with Crippen LogP contribution in [0, 0.1) is 0 Å². The van der Waals surface area contributed by atoms with E-state index in [0.29, 0.717) is 19.0 Å². The van der Waals surface area contributed by atoms with E-state index in [0.717, 1.165) is 25.3 Å². The molecule has 1 N–H and O–H groups in total. The molecule has 4 heteroatoms. The number of aromatic nitrogens is 2. The maximum absolute atomic E-state index is 10.4. The third kappa shape index (κ3) is 3.39. The topological polar surface area (TPSA) is 41.3 Å². The van der Waals surface area contributed by atoms with E-state index >= 15 is 0 Å². The summed E-state index contributed by atoms with van der Waals surface area (Å²) >= 11 is 0. The van der Waals surface area contributed by atoms with Crippen molar-refractivity contribution in [1.29, 1.82) is 0 Å². The van der Waals surface area contributed by atoms with Crippen LogP contribution in [-0.4, -0.2) is 38.8 Å². The van der Waals surface area contributed by atoms with E-state index in [1.54, 1.807) is 0 Å². The summed E-state index contributed by atoms with van der Waals surface area (Å²) in [6.45, 7) is 7.55. The van der Waals surface area contributed by atoms with Crippen molar-refractivity contribution in [1.82, 2.24) is 14.5 Å². The Bertz CT molecular complexity index is 620. The van der Waals surface area contributed by atoms with Gasteiger partial charge in [0.25, 0.3) is 0 Å². The molecular weight excluding hydrogens is 274 g/mol. The first-order valence-corrected chi connectivity index (χ1v) is 8.11. The van der Waals surface area contributed by atoms with Gasteiger partial charge in [0, 0.05) is 37.9 Å². The van der Waals surface area contributed by atoms with Crippen LogP contribution >= 0.6 is 0 Å². The highest BCUT2D eigenvalue weighted by Gasteiger charge is 2.19. The fourth-order valence-electron chi connectivity index (χ4n) is 3.27. The second-order valence-electron chi connectivity index (χ2n) is 6.50. The average Bonchev–Trinajstić information content (AvgIpc) is 2.95. The molecule has 118 valence electrons. The Kier molecular flexibility index (Phi) is 4.60. The zero-order chi connectivity index (χ0) is 15.5. The molecule has 0 saturated carbocycles. The van der Waals surface area contributed by atoms with E-state index < -0.39 is 0 Å². The molecule has 22 heavy (non-hydrogen) atoms. The van der Waals surface area contributed by atoms with Gasteiger partial charge in [0.15, 0.2) is 0 Å². The summed E-state index contributed by atoms with van der Waals surface area (Å²) in [6.07, 6.45) is 4.49. The van der Waals surface area contributed by atoms with Crippen LogP contribution in [0.1, 0.15) is 36.7 Å². The van der Waals surface area contributed by atoms with Crippen LogP contribution in [0.5, 0.6) is 0 Å². The molecule has 0 aliphatic carbocycles. The normalized spacial score (nSPS) is 16.7. The zero-order valence-electron chi connectivity index (χ0n) is 13.4. The van der Waals surface area contributed by atoms with Crippen molar-refractivity contribution in [3.8, 4) is 0 Å². The average molecular weight is 299 g/mol. The van der Waals surface area contributed by atoms with E-state index in [2.05, 4.69) is 52.6 Å². The number of hydrogen-bond donors (Lipinski definition) is 1. The van der Waals surface area contributed by atoms with Crippen LogP contribution in [0.3, 0.4) is 0 Å². The van der Waals surface area contributed by atoms with Gasteiger partial charge in [0.1, 0.15) is 5.82 Å². The van der Waals surface area contributed by atoms with Gasteiger partial charge in [-0.3, -0.25) is 4.90 Å². The quantitative estimate of drug-likeness (QED) is 0.922. The number of benzene rings is 1. The van der Waals surface area contributed by atoms with Gasteiger partial charge in [-0.1, -0.05) is 38.1 Å². The minimum Gasteiger partial charge on any atom is -0.390 e. The number of aliphatic hydroxyl groups is 1. The van der Waals surface area contributed by atoms with Gasteiger partial charge in [-0.15, -0.1) is 0 Å². The highest BCUT2D eigenvalue weighted by atomic mass is 16.3. The minimum atomic E-state index is -0.364. The number of β-amino-alcohol motifs (C(OH)–C–C–N with tert-alkyl or cyclic N) is 1. The first-order chi connectivity index (χ1) is 10.6. The first-order valence-electron chi connectivity index (χ1n) is 8.11. The SMILES string of the molecule is CC(C)c1nccn1CC(O)CN1CCc2ccccc2C1. The third-order valence-electron chi connectivity index (χ3n) is 4.35. The van der Waals surface area contributed by atoms with Gasteiger partial charge >= 0.3 is 0 Å². The van der Waals surface area contributed by atoms with Crippen LogP contribution in [0.25, 0.3) is 0 Å². The highest BCUT2D eigenvalue weighted by Crippen LogP contribution is 2.19. The highest BCUT2D eigenvalue weighted by molar-refractivity contribution is 5.29. The Balaban J connectivity index is 1.59. The third-order valence-corrected chi connectivity index (χ3v) is 4.35. The summed E-state index contributed by atoms with van der Waals surface area (Å²) in [5.41, 5.74) is 2.84. The van der Waals surface area contributed by atoms with Gasteiger partial charge in [-0.2, -0.15) is 0 Å². The number of fused-ring (bicyclic) bond motifs is 1. The Morgan fingerprint density at radius 3 is 2.73 bits per heavy atom. The molecule has 0 saturated heterocycles. The van der Waals surface area contributed by atoms with Crippen LogP contribution in [0.2, 0.25) is 0 Å². The van der Waals surface area contributed by atoms with Gasteiger partial charge in [-0.25, -0.2) is 4.98 Å². The van der Waals surface area contributed by atoms with Crippen LogP contribution in [0.15, 0.2) is 36.7 Å². The molecule has 0 spiro atoms. The van der Waals surface area contributed by atoms with Crippen molar-refractivity contribution in [2.24, 2.45) is 0 Å². The second kappa shape index (κ2) is 6.63. The second-order valence-corrected chi connectivity index (χ2v) is 6.50. The zero-order valence-corrected chi connectivity index (χ0v) is 13.4. The number of aliphatic hydroxyl groups excluding tert-OH is 1. The Hall–Kier alpha value is -1.65. The summed E-state index contributed by atoms with van der Waals surface area (Å²) in [6, 6.07) is 8.61. The van der Waals surface area contributed by atoms with Crippen LogP contribution in [0.4, 0.5) is 0 Å². The van der Waals surface area contributed by atoms with Crippen molar-refractivity contribution in [2.45, 2.75) is 45.4 Å². The van der Waals surface area contributed by atoms with E-state index in [9.17, 15) is 5.11 Å². The van der Waals surface area contributed by atoms with E-state index in [4.69, 9.17) is 0 Å². The molecule has 2 aromatic rings. The molecule has 2 heterocycles. The van der Waals surface area contributed by atoms with Crippen molar-refractivity contribution in [3.63, 3.8) is 0 Å². The van der Waals surface area contributed by atoms with Crippen LogP contribution < -0.4 is 0 Å². The summed E-state index contributed by atoms with van der Waals surface area (Å²) in [7, 11) is 0. The maximum atomic E-state index is 10.4. The summed E-state index contributed by atoms with van der Waals surface area (Å²) < 4.78 is 2.08. The van der Waals surface area contributed by atoms with E-state index in [1.807, 2.05) is 12.4 Å². The largest absolute Gasteiger partial charge is 0.390 e. The standard InChI is InChI=1S/C18H25N3O/c1-14(2)18-19-8-10-21(18)13-17(22)12-20-9-7-15-5-3-4-6-16(15)11-20/h3-6,8,10,14,17,22H,7,9,11-13H2,1-2H3. The van der Waals surface area contributed by atoms with Gasteiger partial charge in [0.2, 0.25) is 0 Å². The molecular formula is C18H25N3O. The molecule has 1 aliphatic rings. The minimum absolute atomic E-state index is 0.364. The van der Waals surface area contributed by atoms with Crippen molar-refractivity contribution < 1.29 is 5.11 Å². The fourth-order valence-corrected chi connectivity index (χ4v) is 3.27. The molecule has 4 nitrogen and oxygen atoms in total. The molecule has 0 radical (unpaired) electrons. The van der Waals surface area contributed by atoms with Gasteiger partial charge in [-0.05, 0) is 17.5 Å². The predicted octanol–water partition coefficient (Wildman–Crippen LogP) is 2.43. The summed E-state index contributed by atoms with van der Waals surface area (Å²) in [5, 5.41) is 10.4.